The summed E-state index contributed by atoms with van der Waals surface area (Å²) < 4.78 is 34.5. The molecule has 1 aromatic carbocycles. The van der Waals surface area contributed by atoms with E-state index >= 15 is 0 Å². The number of nitrogens with zero attached hydrogens (tertiary/aromatic N) is 2. The predicted molar refractivity (Wildman–Crippen MR) is 118 cm³/mol. The molecule has 2 aliphatic rings. The highest BCUT2D eigenvalue weighted by Crippen LogP contribution is 2.34. The van der Waals surface area contributed by atoms with Crippen LogP contribution in [0.2, 0.25) is 0 Å². The van der Waals surface area contributed by atoms with Crippen LogP contribution in [0.5, 0.6) is 5.75 Å². The van der Waals surface area contributed by atoms with Crippen LogP contribution in [-0.4, -0.2) is 68.7 Å². The molecule has 7 heteroatoms. The van der Waals surface area contributed by atoms with Gasteiger partial charge in [0.05, 0.1) is 6.61 Å². The Kier molecular flexibility index (Phi) is 7.46. The van der Waals surface area contributed by atoms with Gasteiger partial charge in [-0.25, -0.2) is 8.42 Å². The van der Waals surface area contributed by atoms with Crippen LogP contribution in [0.3, 0.4) is 0 Å². The summed E-state index contributed by atoms with van der Waals surface area (Å²) in [7, 11) is 0.153. The molecule has 0 amide bonds. The summed E-state index contributed by atoms with van der Waals surface area (Å²) in [5, 5.41) is 9.68. The van der Waals surface area contributed by atoms with E-state index < -0.39 is 16.1 Å². The first-order valence-corrected chi connectivity index (χ1v) is 12.3. The Balaban J connectivity index is 2.04. The molecule has 0 unspecified atom stereocenters. The number of likely N-dealkylation sites (N-methyl/N-ethyl adjacent to an activating group) is 1. The van der Waals surface area contributed by atoms with Crippen molar-refractivity contribution in [1.29, 1.82) is 0 Å². The van der Waals surface area contributed by atoms with E-state index in [9.17, 15) is 13.5 Å². The highest BCUT2D eigenvalue weighted by molar-refractivity contribution is 7.89. The molecule has 0 bridgehead atoms. The van der Waals surface area contributed by atoms with Gasteiger partial charge in [0.15, 0.2) is 0 Å². The fraction of sp³-hybridized carbons (Fsp3) is 0.652. The first-order chi connectivity index (χ1) is 14.2. The molecule has 0 radical (unpaired) electrons. The van der Waals surface area contributed by atoms with Crippen molar-refractivity contribution >= 4 is 10.0 Å². The molecule has 1 aliphatic heterocycles. The van der Waals surface area contributed by atoms with E-state index in [1.807, 2.05) is 25.9 Å². The second-order valence-corrected chi connectivity index (χ2v) is 10.8. The summed E-state index contributed by atoms with van der Waals surface area (Å²) >= 11 is 0. The zero-order valence-corrected chi connectivity index (χ0v) is 19.3. The van der Waals surface area contributed by atoms with Crippen LogP contribution in [0, 0.1) is 23.7 Å². The zero-order chi connectivity index (χ0) is 21.9. The largest absolute Gasteiger partial charge is 0.487 e. The third kappa shape index (κ3) is 5.17. The smallest absolute Gasteiger partial charge is 0.247 e. The number of aliphatic hydroxyl groups is 1. The van der Waals surface area contributed by atoms with Gasteiger partial charge in [-0.1, -0.05) is 31.6 Å². The van der Waals surface area contributed by atoms with Crippen molar-refractivity contribution in [2.24, 2.45) is 11.8 Å². The molecule has 3 rings (SSSR count). The highest BCUT2D eigenvalue weighted by Gasteiger charge is 2.37. The molecule has 6 nitrogen and oxygen atoms in total. The van der Waals surface area contributed by atoms with Gasteiger partial charge in [0.1, 0.15) is 16.7 Å². The van der Waals surface area contributed by atoms with Crippen molar-refractivity contribution in [2.75, 3.05) is 33.8 Å². The second-order valence-electron chi connectivity index (χ2n) is 8.91. The minimum Gasteiger partial charge on any atom is -0.487 e. The molecule has 1 N–H and O–H groups in total. The number of aliphatic hydroxyl groups excluding tert-OH is 1. The number of fused-ring (bicyclic) bond motifs is 1. The Labute approximate surface area is 181 Å². The Hall–Kier alpha value is -1.59. The number of benzene rings is 1. The summed E-state index contributed by atoms with van der Waals surface area (Å²) in [6, 6.07) is 4.61. The van der Waals surface area contributed by atoms with E-state index in [2.05, 4.69) is 11.8 Å². The molecular weight excluding hydrogens is 400 g/mol. The summed E-state index contributed by atoms with van der Waals surface area (Å²) in [4.78, 5) is 2.19. The van der Waals surface area contributed by atoms with Crippen molar-refractivity contribution in [3.63, 3.8) is 0 Å². The van der Waals surface area contributed by atoms with Crippen LogP contribution >= 0.6 is 0 Å². The van der Waals surface area contributed by atoms with Gasteiger partial charge in [0, 0.05) is 36.5 Å². The van der Waals surface area contributed by atoms with Crippen LogP contribution in [-0.2, 0) is 10.0 Å². The number of ether oxygens (including phenoxy) is 1. The van der Waals surface area contributed by atoms with Crippen molar-refractivity contribution in [3.8, 4) is 17.6 Å². The van der Waals surface area contributed by atoms with Crippen molar-refractivity contribution in [2.45, 2.75) is 56.6 Å². The van der Waals surface area contributed by atoms with Crippen molar-refractivity contribution in [3.05, 3.63) is 23.8 Å². The molecular formula is C23H34N2O4S. The van der Waals surface area contributed by atoms with Gasteiger partial charge in [-0.05, 0) is 52.1 Å². The maximum Gasteiger partial charge on any atom is 0.247 e. The van der Waals surface area contributed by atoms with E-state index in [-0.39, 0.29) is 23.5 Å². The predicted octanol–water partition coefficient (Wildman–Crippen LogP) is 2.56. The van der Waals surface area contributed by atoms with Gasteiger partial charge in [0.2, 0.25) is 10.0 Å². The molecule has 1 fully saturated rings. The monoisotopic (exact) mass is 434 g/mol. The summed E-state index contributed by atoms with van der Waals surface area (Å²) in [5.41, 5.74) is 0.773. The van der Waals surface area contributed by atoms with Crippen LogP contribution < -0.4 is 4.74 Å². The van der Waals surface area contributed by atoms with E-state index in [1.54, 1.807) is 25.1 Å². The Morgan fingerprint density at radius 3 is 2.63 bits per heavy atom. The Morgan fingerprint density at radius 2 is 2.00 bits per heavy atom. The van der Waals surface area contributed by atoms with Gasteiger partial charge >= 0.3 is 0 Å². The first kappa shape index (κ1) is 23.1. The zero-order valence-electron chi connectivity index (χ0n) is 18.5. The third-order valence-electron chi connectivity index (χ3n) is 5.99. The maximum absolute atomic E-state index is 13.4. The lowest BCUT2D eigenvalue weighted by Gasteiger charge is -2.37. The minimum atomic E-state index is -3.80. The van der Waals surface area contributed by atoms with Crippen molar-refractivity contribution < 1.29 is 18.3 Å². The molecule has 1 aromatic rings. The normalized spacial score (nSPS) is 25.5. The van der Waals surface area contributed by atoms with Gasteiger partial charge < -0.3 is 14.7 Å². The fourth-order valence-corrected chi connectivity index (χ4v) is 5.96. The van der Waals surface area contributed by atoms with Crippen LogP contribution in [0.1, 0.15) is 45.1 Å². The van der Waals surface area contributed by atoms with E-state index in [0.29, 0.717) is 24.8 Å². The number of hydrogen-bond donors (Lipinski definition) is 1. The lowest BCUT2D eigenvalue weighted by atomic mass is 10.0. The van der Waals surface area contributed by atoms with Gasteiger partial charge in [-0.2, -0.15) is 4.31 Å². The topological polar surface area (TPSA) is 70.1 Å². The summed E-state index contributed by atoms with van der Waals surface area (Å²) in [6.07, 6.45) is 4.56. The Bertz CT molecular complexity index is 898. The van der Waals surface area contributed by atoms with Crippen LogP contribution in [0.4, 0.5) is 0 Å². The van der Waals surface area contributed by atoms with Gasteiger partial charge in [-0.15, -0.1) is 0 Å². The fourth-order valence-electron chi connectivity index (χ4n) is 4.14. The lowest BCUT2D eigenvalue weighted by Crippen LogP contribution is -2.49. The van der Waals surface area contributed by atoms with Crippen LogP contribution in [0.15, 0.2) is 23.1 Å². The van der Waals surface area contributed by atoms with E-state index in [4.69, 9.17) is 4.74 Å². The standard InChI is InChI=1S/C23H34N2O4S/c1-17-14-25(18(2)16-26)30(27,28)23-12-11-20(10-9-19-7-5-6-8-19)13-21(23)29-22(17)15-24(3)4/h11-13,17-19,22,26H,5-8,14-16H2,1-4H3/t17-,18-,22+/m0/s1. The number of hydrogen-bond acceptors (Lipinski definition) is 5. The molecule has 1 saturated carbocycles. The SMILES string of the molecule is C[C@H]1CN([C@@H](C)CO)S(=O)(=O)c2ccc(C#CC3CCCC3)cc2O[C@@H]1CN(C)C. The Morgan fingerprint density at radius 1 is 1.30 bits per heavy atom. The summed E-state index contributed by atoms with van der Waals surface area (Å²) in [6.45, 7) is 4.46. The lowest BCUT2D eigenvalue weighted by molar-refractivity contribution is 0.0812. The number of sulfonamides is 1. The molecule has 1 aliphatic carbocycles. The highest BCUT2D eigenvalue weighted by atomic mass is 32.2. The maximum atomic E-state index is 13.4. The van der Waals surface area contributed by atoms with Crippen LogP contribution in [0.25, 0.3) is 0 Å². The third-order valence-corrected chi connectivity index (χ3v) is 8.01. The quantitative estimate of drug-likeness (QED) is 0.738. The molecule has 0 spiro atoms. The second kappa shape index (κ2) is 9.69. The van der Waals surface area contributed by atoms with E-state index in [1.165, 1.54) is 17.1 Å². The van der Waals surface area contributed by atoms with Gasteiger partial charge in [0.25, 0.3) is 0 Å². The molecule has 0 aromatic heterocycles. The molecule has 0 saturated heterocycles. The molecule has 166 valence electrons. The van der Waals surface area contributed by atoms with Gasteiger partial charge in [-0.3, -0.25) is 0 Å². The molecule has 1 heterocycles. The summed E-state index contributed by atoms with van der Waals surface area (Å²) in [5.74, 6) is 7.29. The minimum absolute atomic E-state index is 0.0439. The van der Waals surface area contributed by atoms with Crippen molar-refractivity contribution in [1.82, 2.24) is 9.21 Å². The molecule has 3 atom stereocenters. The average Bonchev–Trinajstić information content (AvgIpc) is 3.21. The molecule has 30 heavy (non-hydrogen) atoms. The average molecular weight is 435 g/mol. The number of rotatable bonds is 4. The first-order valence-electron chi connectivity index (χ1n) is 10.8. The van der Waals surface area contributed by atoms with E-state index in [0.717, 1.165) is 18.4 Å².